The zero-order chi connectivity index (χ0) is 24.6. The molecule has 0 unspecified atom stereocenters. The first kappa shape index (κ1) is 23.6. The highest BCUT2D eigenvalue weighted by atomic mass is 16.7. The van der Waals surface area contributed by atoms with Gasteiger partial charge in [0.1, 0.15) is 40.8 Å². The minimum absolute atomic E-state index is 0.0135. The summed E-state index contributed by atoms with van der Waals surface area (Å²) in [4.78, 5) is 13.5. The normalized spacial score (nSPS) is 22.4. The Bertz CT molecular complexity index is 1250. The zero-order valence-corrected chi connectivity index (χ0v) is 18.5. The molecular formula is C23H24O11. The van der Waals surface area contributed by atoms with Crippen LogP contribution in [0.1, 0.15) is 0 Å². The maximum atomic E-state index is 13.5. The molecule has 0 spiro atoms. The number of phenolic OH excluding ortho intramolecular Hbond substituents is 1. The third-order valence-corrected chi connectivity index (χ3v) is 5.48. The fourth-order valence-electron chi connectivity index (χ4n) is 3.65. The van der Waals surface area contributed by atoms with Gasteiger partial charge in [-0.25, -0.2) is 0 Å². The van der Waals surface area contributed by atoms with E-state index in [1.54, 1.807) is 18.2 Å². The van der Waals surface area contributed by atoms with E-state index in [-0.39, 0.29) is 29.1 Å². The van der Waals surface area contributed by atoms with Crippen molar-refractivity contribution in [3.63, 3.8) is 0 Å². The van der Waals surface area contributed by atoms with Crippen molar-refractivity contribution in [2.45, 2.75) is 24.6 Å². The predicted molar refractivity (Wildman–Crippen MR) is 118 cm³/mol. The van der Waals surface area contributed by atoms with E-state index in [0.717, 1.165) is 0 Å². The van der Waals surface area contributed by atoms with Gasteiger partial charge < -0.3 is 48.5 Å². The van der Waals surface area contributed by atoms with Crippen LogP contribution in [0, 0.1) is 0 Å². The largest absolute Gasteiger partial charge is 0.507 e. The van der Waals surface area contributed by atoms with Crippen molar-refractivity contribution >= 4 is 11.0 Å². The average Bonchev–Trinajstić information content (AvgIpc) is 2.84. The van der Waals surface area contributed by atoms with E-state index in [1.165, 1.54) is 33.5 Å². The van der Waals surface area contributed by atoms with Gasteiger partial charge in [-0.15, -0.1) is 0 Å². The third kappa shape index (κ3) is 4.10. The zero-order valence-electron chi connectivity index (χ0n) is 18.5. The summed E-state index contributed by atoms with van der Waals surface area (Å²) in [5.41, 5.74) is -0.401. The number of benzene rings is 2. The quantitative estimate of drug-likeness (QED) is 0.402. The van der Waals surface area contributed by atoms with Crippen LogP contribution in [-0.4, -0.2) is 73.0 Å². The number of aromatic hydroxyl groups is 1. The predicted octanol–water partition coefficient (Wildman–Crippen LogP) is 1.01. The summed E-state index contributed by atoms with van der Waals surface area (Å²) in [7, 11) is 4.31. The van der Waals surface area contributed by atoms with E-state index in [9.17, 15) is 25.2 Å². The Morgan fingerprint density at radius 1 is 0.941 bits per heavy atom. The third-order valence-electron chi connectivity index (χ3n) is 5.48. The molecule has 1 aliphatic heterocycles. The Labute approximate surface area is 193 Å². The Balaban J connectivity index is 1.93. The number of hydrogen-bond donors (Lipinski definition) is 4. The lowest BCUT2D eigenvalue weighted by molar-refractivity contribution is -0.242. The highest BCUT2D eigenvalue weighted by Gasteiger charge is 2.40. The van der Waals surface area contributed by atoms with Gasteiger partial charge >= 0.3 is 0 Å². The molecule has 34 heavy (non-hydrogen) atoms. The van der Waals surface area contributed by atoms with Crippen molar-refractivity contribution in [2.24, 2.45) is 0 Å². The van der Waals surface area contributed by atoms with Crippen LogP contribution >= 0.6 is 0 Å². The Morgan fingerprint density at radius 2 is 1.68 bits per heavy atom. The van der Waals surface area contributed by atoms with Crippen LogP contribution in [0.15, 0.2) is 39.5 Å². The average molecular weight is 476 g/mol. The van der Waals surface area contributed by atoms with Gasteiger partial charge in [-0.1, -0.05) is 0 Å². The van der Waals surface area contributed by atoms with Crippen LogP contribution in [0.25, 0.3) is 22.3 Å². The van der Waals surface area contributed by atoms with Gasteiger partial charge in [0.15, 0.2) is 17.3 Å². The lowest BCUT2D eigenvalue weighted by Gasteiger charge is -2.34. The lowest BCUT2D eigenvalue weighted by Crippen LogP contribution is -2.55. The summed E-state index contributed by atoms with van der Waals surface area (Å²) in [6.45, 7) is -0.337. The molecule has 0 radical (unpaired) electrons. The molecule has 2 heterocycles. The molecule has 3 aromatic rings. The SMILES string of the molecule is COc1cc(O)c2c(=O)c(O[C@H]3OC[C@@H](O)[C@@H](O)[C@@H]3O)c(-c3ccc(OC)c(OC)c3)oc2c1. The van der Waals surface area contributed by atoms with Crippen molar-refractivity contribution in [2.75, 3.05) is 27.9 Å². The van der Waals surface area contributed by atoms with E-state index in [1.807, 2.05) is 0 Å². The summed E-state index contributed by atoms with van der Waals surface area (Å²) in [6, 6.07) is 7.40. The maximum absolute atomic E-state index is 13.5. The molecule has 11 nitrogen and oxygen atoms in total. The van der Waals surface area contributed by atoms with Crippen LogP contribution < -0.4 is 24.4 Å². The second-order valence-corrected chi connectivity index (χ2v) is 7.55. The fraction of sp³-hybridized carbons (Fsp3) is 0.348. The van der Waals surface area contributed by atoms with Crippen molar-refractivity contribution in [3.05, 3.63) is 40.6 Å². The lowest BCUT2D eigenvalue weighted by atomic mass is 10.1. The van der Waals surface area contributed by atoms with Crippen molar-refractivity contribution in [1.29, 1.82) is 0 Å². The first-order valence-corrected chi connectivity index (χ1v) is 10.2. The Hall–Kier alpha value is -3.51. The molecule has 4 rings (SSSR count). The molecule has 4 N–H and O–H groups in total. The van der Waals surface area contributed by atoms with E-state index in [4.69, 9.17) is 28.1 Å². The molecule has 1 fully saturated rings. The van der Waals surface area contributed by atoms with Crippen LogP contribution in [0.4, 0.5) is 0 Å². The number of rotatable bonds is 6. The highest BCUT2D eigenvalue weighted by Crippen LogP contribution is 2.39. The first-order valence-electron chi connectivity index (χ1n) is 10.2. The summed E-state index contributed by atoms with van der Waals surface area (Å²) < 4.78 is 32.7. The fourth-order valence-corrected chi connectivity index (χ4v) is 3.65. The van der Waals surface area contributed by atoms with Crippen LogP contribution in [0.3, 0.4) is 0 Å². The molecule has 11 heteroatoms. The van der Waals surface area contributed by atoms with Gasteiger partial charge in [0, 0.05) is 17.7 Å². The minimum Gasteiger partial charge on any atom is -0.507 e. The minimum atomic E-state index is -1.67. The molecule has 1 saturated heterocycles. The maximum Gasteiger partial charge on any atom is 0.239 e. The molecule has 0 amide bonds. The molecule has 0 aliphatic carbocycles. The number of phenols is 1. The highest BCUT2D eigenvalue weighted by molar-refractivity contribution is 5.88. The van der Waals surface area contributed by atoms with Gasteiger partial charge in [-0.3, -0.25) is 4.79 Å². The number of ether oxygens (including phenoxy) is 5. The molecule has 0 saturated carbocycles. The van der Waals surface area contributed by atoms with Gasteiger partial charge in [0.05, 0.1) is 27.9 Å². The topological polar surface area (TPSA) is 157 Å². The molecule has 1 aliphatic rings. The number of methoxy groups -OCH3 is 3. The van der Waals surface area contributed by atoms with Crippen molar-refractivity contribution in [1.82, 2.24) is 0 Å². The van der Waals surface area contributed by atoms with E-state index in [0.29, 0.717) is 17.1 Å². The van der Waals surface area contributed by atoms with Crippen LogP contribution in [-0.2, 0) is 4.74 Å². The summed E-state index contributed by atoms with van der Waals surface area (Å²) in [5, 5.41) is 40.3. The summed E-state index contributed by atoms with van der Waals surface area (Å²) >= 11 is 0. The molecular weight excluding hydrogens is 452 g/mol. The number of fused-ring (bicyclic) bond motifs is 1. The standard InChI is InChI=1S/C23H24O11/c1-29-11-7-12(24)17-16(8-11)33-21(10-4-5-14(30-2)15(6-10)31-3)22(19(17)27)34-23-20(28)18(26)13(25)9-32-23/h4-8,13,18,20,23-26,28H,9H2,1-3H3/t13-,18-,20+,23-/m1/s1. The van der Waals surface area contributed by atoms with Gasteiger partial charge in [0.2, 0.25) is 17.5 Å². The molecule has 0 bridgehead atoms. The van der Waals surface area contributed by atoms with Gasteiger partial charge in [-0.05, 0) is 18.2 Å². The van der Waals surface area contributed by atoms with E-state index < -0.39 is 41.5 Å². The van der Waals surface area contributed by atoms with Crippen molar-refractivity contribution in [3.8, 4) is 40.1 Å². The second-order valence-electron chi connectivity index (χ2n) is 7.55. The number of aliphatic hydroxyl groups is 3. The molecule has 2 aromatic carbocycles. The van der Waals surface area contributed by atoms with Crippen LogP contribution in [0.5, 0.6) is 28.7 Å². The number of hydrogen-bond acceptors (Lipinski definition) is 11. The molecule has 4 atom stereocenters. The van der Waals surface area contributed by atoms with Crippen molar-refractivity contribution < 1.29 is 48.5 Å². The van der Waals surface area contributed by atoms with E-state index in [2.05, 4.69) is 0 Å². The Morgan fingerprint density at radius 3 is 2.35 bits per heavy atom. The first-order chi connectivity index (χ1) is 16.3. The van der Waals surface area contributed by atoms with Crippen LogP contribution in [0.2, 0.25) is 0 Å². The molecule has 1 aromatic heterocycles. The number of aliphatic hydroxyl groups excluding tert-OH is 3. The van der Waals surface area contributed by atoms with Gasteiger partial charge in [0.25, 0.3) is 0 Å². The Kier molecular flexibility index (Phi) is 6.53. The van der Waals surface area contributed by atoms with E-state index >= 15 is 0 Å². The smallest absolute Gasteiger partial charge is 0.239 e. The summed E-state index contributed by atoms with van der Waals surface area (Å²) in [6.07, 6.45) is -6.06. The monoisotopic (exact) mass is 476 g/mol. The second kappa shape index (κ2) is 9.39. The van der Waals surface area contributed by atoms with Gasteiger partial charge in [-0.2, -0.15) is 0 Å². The summed E-state index contributed by atoms with van der Waals surface area (Å²) in [5.74, 6) is 0.153. The molecule has 182 valence electrons.